The highest BCUT2D eigenvalue weighted by Gasteiger charge is 2.08. The third-order valence-electron chi connectivity index (χ3n) is 4.59. The van der Waals surface area contributed by atoms with Gasteiger partial charge in [-0.05, 0) is 5.75 Å². The highest BCUT2D eigenvalue weighted by molar-refractivity contribution is 8.18. The molecule has 0 aliphatic carbocycles. The van der Waals surface area contributed by atoms with E-state index in [1.807, 2.05) is 23.5 Å². The Hall–Kier alpha value is 1.29. The molecule has 0 aromatic carbocycles. The van der Waals surface area contributed by atoms with Crippen LogP contribution in [0.2, 0.25) is 0 Å². The van der Waals surface area contributed by atoms with Crippen molar-refractivity contribution in [2.24, 2.45) is 0 Å². The van der Waals surface area contributed by atoms with Crippen molar-refractivity contribution in [3.8, 4) is 0 Å². The van der Waals surface area contributed by atoms with Crippen LogP contribution in [0.4, 0.5) is 0 Å². The molecule has 0 aliphatic heterocycles. The summed E-state index contributed by atoms with van der Waals surface area (Å²) in [6.07, 6.45) is 3.22. The Morgan fingerprint density at radius 2 is 1.07 bits per heavy atom. The number of esters is 2. The molecule has 0 saturated carbocycles. The van der Waals surface area contributed by atoms with Gasteiger partial charge in [-0.3, -0.25) is 14.4 Å². The first-order valence-corrected chi connectivity index (χ1v) is 22.9. The van der Waals surface area contributed by atoms with Crippen molar-refractivity contribution in [3.05, 3.63) is 0 Å². The number of aliphatic hydroxyl groups excluding tert-OH is 2. The molecule has 41 heavy (non-hydrogen) atoms. The summed E-state index contributed by atoms with van der Waals surface area (Å²) in [6.45, 7) is 0.617. The van der Waals surface area contributed by atoms with Crippen LogP contribution in [0.1, 0.15) is 38.5 Å². The van der Waals surface area contributed by atoms with Crippen molar-refractivity contribution in [2.45, 2.75) is 38.5 Å². The molecule has 242 valence electrons. The minimum atomic E-state index is -0.775. The monoisotopic (exact) mass is 730 g/mol. The van der Waals surface area contributed by atoms with E-state index < -0.39 is 11.2 Å². The Bertz CT molecular complexity index is 636. The van der Waals surface area contributed by atoms with Gasteiger partial charge in [0.1, 0.15) is 11.5 Å². The lowest BCUT2D eigenvalue weighted by Crippen LogP contribution is -2.13. The number of rotatable bonds is 31. The van der Waals surface area contributed by atoms with Crippen LogP contribution in [0, 0.1) is 0 Å². The van der Waals surface area contributed by atoms with E-state index in [1.54, 1.807) is 47.0 Å². The van der Waals surface area contributed by atoms with Gasteiger partial charge in [-0.15, -0.1) is 11.8 Å². The molecule has 0 saturated heterocycles. The highest BCUT2D eigenvalue weighted by atomic mass is 32.2. The van der Waals surface area contributed by atoms with Crippen molar-refractivity contribution in [3.63, 3.8) is 0 Å². The smallest absolute Gasteiger partial charge is 0.306 e. The molecule has 1 unspecified atom stereocenters. The van der Waals surface area contributed by atoms with Crippen LogP contribution in [0.25, 0.3) is 0 Å². The summed E-state index contributed by atoms with van der Waals surface area (Å²) in [5, 5.41) is 20.3. The Morgan fingerprint density at radius 3 is 1.63 bits per heavy atom. The van der Waals surface area contributed by atoms with Crippen molar-refractivity contribution in [1.82, 2.24) is 0 Å². The summed E-state index contributed by atoms with van der Waals surface area (Å²) in [6, 6.07) is 0. The van der Waals surface area contributed by atoms with Gasteiger partial charge in [0.2, 0.25) is 0 Å². The van der Waals surface area contributed by atoms with E-state index in [4.69, 9.17) is 19.7 Å². The molecule has 0 aromatic heterocycles. The molecule has 0 aliphatic rings. The van der Waals surface area contributed by atoms with E-state index in [1.165, 1.54) is 11.8 Å². The summed E-state index contributed by atoms with van der Waals surface area (Å²) in [7, 11) is 0. The van der Waals surface area contributed by atoms with E-state index in [9.17, 15) is 18.9 Å². The Labute approximate surface area is 279 Å². The first kappa shape index (κ1) is 42.3. The van der Waals surface area contributed by atoms with Crippen molar-refractivity contribution >= 4 is 111 Å². The maximum atomic E-state index is 12.1. The lowest BCUT2D eigenvalue weighted by Gasteiger charge is -2.10. The molecule has 0 bridgehead atoms. The summed E-state index contributed by atoms with van der Waals surface area (Å²) in [4.78, 5) is 34.9. The number of aliphatic hydroxyl groups is 2. The van der Waals surface area contributed by atoms with Gasteiger partial charge in [0.05, 0.1) is 26.1 Å². The molecule has 16 heteroatoms. The highest BCUT2D eigenvalue weighted by Crippen LogP contribution is 2.19. The van der Waals surface area contributed by atoms with Crippen LogP contribution in [0.3, 0.4) is 0 Å². The zero-order chi connectivity index (χ0) is 30.2. The van der Waals surface area contributed by atoms with E-state index in [2.05, 4.69) is 0 Å². The molecule has 0 fully saturated rings. The van der Waals surface area contributed by atoms with Gasteiger partial charge in [-0.25, -0.2) is 0 Å². The predicted octanol–water partition coefficient (Wildman–Crippen LogP) is 4.68. The molecule has 0 rings (SSSR count). The molecule has 0 aromatic rings. The van der Waals surface area contributed by atoms with Crippen LogP contribution in [-0.2, 0) is 35.0 Å². The second-order valence-corrected chi connectivity index (χ2v) is 18.6. The predicted molar refractivity (Wildman–Crippen MR) is 188 cm³/mol. The largest absolute Gasteiger partial charge is 0.616 e. The van der Waals surface area contributed by atoms with Gasteiger partial charge in [0.25, 0.3) is 0 Å². The molecule has 0 amide bonds. The normalized spacial score (nSPS) is 11.9. The van der Waals surface area contributed by atoms with Crippen LogP contribution >= 0.6 is 82.3 Å². The maximum Gasteiger partial charge on any atom is 0.306 e. The van der Waals surface area contributed by atoms with Gasteiger partial charge in [0.15, 0.2) is 5.12 Å². The van der Waals surface area contributed by atoms with Gasteiger partial charge in [0, 0.05) is 88.7 Å². The van der Waals surface area contributed by atoms with Crippen molar-refractivity contribution < 1.29 is 38.6 Å². The fourth-order valence-corrected chi connectivity index (χ4v) is 11.5. The van der Waals surface area contributed by atoms with Crippen LogP contribution in [0.5, 0.6) is 0 Å². The first-order chi connectivity index (χ1) is 20.0. The second kappa shape index (κ2) is 34.2. The number of thioether (sulfide) groups is 7. The summed E-state index contributed by atoms with van der Waals surface area (Å²) in [5.41, 5.74) is 0. The first-order valence-electron chi connectivity index (χ1n) is 13.5. The lowest BCUT2D eigenvalue weighted by molar-refractivity contribution is -0.144. The van der Waals surface area contributed by atoms with E-state index in [0.717, 1.165) is 67.7 Å². The average Bonchev–Trinajstić information content (AvgIpc) is 2.95. The molecular formula is C25H46O8S8. The summed E-state index contributed by atoms with van der Waals surface area (Å²) >= 11 is 11.1. The zero-order valence-corrected chi connectivity index (χ0v) is 30.2. The van der Waals surface area contributed by atoms with Crippen LogP contribution in [-0.4, -0.2) is 125 Å². The van der Waals surface area contributed by atoms with Crippen LogP contribution in [0.15, 0.2) is 0 Å². The van der Waals surface area contributed by atoms with Gasteiger partial charge in [-0.1, -0.05) is 22.9 Å². The van der Waals surface area contributed by atoms with E-state index in [-0.39, 0.29) is 43.5 Å². The Balaban J connectivity index is 3.34. The number of hydrogen-bond donors (Lipinski definition) is 2. The fraction of sp³-hybridized carbons (Fsp3) is 0.880. The molecule has 2 N–H and O–H groups in total. The molecule has 1 atom stereocenters. The standard InChI is InChI=1S/C25H46O8S8/c26-7-1-9-32-23(28)4-12-35-20-34-11-3-18-41(31)19-17-39-22-38-15-16-40-25(30)6-14-37-21-36-13-5-24(29)33-10-2-8-27/h26-27H,1-22H2. The fourth-order valence-electron chi connectivity index (χ4n) is 2.50. The van der Waals surface area contributed by atoms with Gasteiger partial charge in [-0.2, -0.15) is 58.8 Å². The van der Waals surface area contributed by atoms with Crippen molar-refractivity contribution in [1.29, 1.82) is 0 Å². The molecule has 0 heterocycles. The summed E-state index contributed by atoms with van der Waals surface area (Å²) < 4.78 is 22.1. The molecule has 0 spiro atoms. The number of hydrogen-bond acceptors (Lipinski definition) is 15. The number of ether oxygens (including phenoxy) is 2. The Kier molecular flexibility index (Phi) is 35.2. The number of carbonyl (C=O) groups is 3. The molecular weight excluding hydrogens is 685 g/mol. The van der Waals surface area contributed by atoms with Gasteiger partial charge < -0.3 is 24.2 Å². The third-order valence-corrected chi connectivity index (χ3v) is 14.5. The van der Waals surface area contributed by atoms with Crippen molar-refractivity contribution in [2.75, 3.05) is 93.5 Å². The minimum Gasteiger partial charge on any atom is -0.616 e. The van der Waals surface area contributed by atoms with E-state index in [0.29, 0.717) is 37.9 Å². The number of carbonyl (C=O) groups excluding carboxylic acids is 3. The lowest BCUT2D eigenvalue weighted by atomic mass is 10.5. The topological polar surface area (TPSA) is 133 Å². The zero-order valence-electron chi connectivity index (χ0n) is 23.7. The van der Waals surface area contributed by atoms with Crippen LogP contribution < -0.4 is 0 Å². The third kappa shape index (κ3) is 34.0. The van der Waals surface area contributed by atoms with E-state index >= 15 is 0 Å². The summed E-state index contributed by atoms with van der Waals surface area (Å²) in [5.74, 6) is 6.87. The Morgan fingerprint density at radius 1 is 0.585 bits per heavy atom. The minimum absolute atomic E-state index is 0.0275. The van der Waals surface area contributed by atoms with Gasteiger partial charge >= 0.3 is 11.9 Å². The average molecular weight is 731 g/mol. The second-order valence-electron chi connectivity index (χ2n) is 8.07. The quantitative estimate of drug-likeness (QED) is 0.0443. The molecule has 8 nitrogen and oxygen atoms in total. The molecule has 0 radical (unpaired) electrons. The SMILES string of the molecule is O=C(CCSCSCCC[S+]([O-])CCSCSCCSC(=O)CCSCSCCC(=O)OCCCO)OCCCO. The maximum absolute atomic E-state index is 12.1.